The van der Waals surface area contributed by atoms with Gasteiger partial charge in [-0.3, -0.25) is 9.59 Å². The zero-order chi connectivity index (χ0) is 26.1. The molecule has 7 nitrogen and oxygen atoms in total. The fourth-order valence-electron chi connectivity index (χ4n) is 4.23. The molecule has 194 valence electrons. The molecule has 0 aliphatic rings. The van der Waals surface area contributed by atoms with Crippen LogP contribution in [0.3, 0.4) is 0 Å². The Morgan fingerprint density at radius 1 is 1.06 bits per heavy atom. The van der Waals surface area contributed by atoms with Crippen LogP contribution in [0.4, 0.5) is 0 Å². The van der Waals surface area contributed by atoms with Crippen molar-refractivity contribution in [2.24, 2.45) is 0 Å². The van der Waals surface area contributed by atoms with Crippen molar-refractivity contribution in [3.8, 4) is 5.75 Å². The zero-order valence-corrected chi connectivity index (χ0v) is 22.4. The van der Waals surface area contributed by atoms with Gasteiger partial charge in [0.25, 0.3) is 5.91 Å². The van der Waals surface area contributed by atoms with E-state index in [1.54, 1.807) is 24.3 Å². The van der Waals surface area contributed by atoms with E-state index in [0.717, 1.165) is 29.7 Å². The second kappa shape index (κ2) is 13.3. The summed E-state index contributed by atoms with van der Waals surface area (Å²) in [6, 6.07) is 15.1. The van der Waals surface area contributed by atoms with Crippen LogP contribution in [0.2, 0.25) is 5.02 Å². The Balaban J connectivity index is 1.61. The molecule has 0 spiro atoms. The molecule has 2 atom stereocenters. The first-order chi connectivity index (χ1) is 17.3. The smallest absolute Gasteiger partial charge is 0.257 e. The molecule has 0 radical (unpaired) electrons. The molecule has 2 unspecified atom stereocenters. The minimum atomic E-state index is -0.189. The Bertz CT molecular complexity index is 1140. The van der Waals surface area contributed by atoms with Gasteiger partial charge in [-0.15, -0.1) is 0 Å². The van der Waals surface area contributed by atoms with Gasteiger partial charge in [-0.2, -0.15) is 0 Å². The number of para-hydroxylation sites is 2. The predicted octanol–water partition coefficient (Wildman–Crippen LogP) is 5.24. The molecule has 8 heteroatoms. The Morgan fingerprint density at radius 2 is 1.72 bits per heavy atom. The van der Waals surface area contributed by atoms with E-state index in [1.165, 1.54) is 0 Å². The van der Waals surface area contributed by atoms with Crippen molar-refractivity contribution in [3.05, 3.63) is 59.4 Å². The lowest BCUT2D eigenvalue weighted by Crippen LogP contribution is -2.45. The number of aromatic nitrogens is 2. The summed E-state index contributed by atoms with van der Waals surface area (Å²) >= 11 is 5.87. The van der Waals surface area contributed by atoms with Crippen molar-refractivity contribution in [3.63, 3.8) is 0 Å². The van der Waals surface area contributed by atoms with Gasteiger partial charge in [0.05, 0.1) is 11.0 Å². The Kier molecular flexibility index (Phi) is 10.2. The van der Waals surface area contributed by atoms with E-state index < -0.39 is 0 Å². The van der Waals surface area contributed by atoms with E-state index in [1.807, 2.05) is 33.7 Å². The number of hydrogen-bond donors (Lipinski definition) is 1. The van der Waals surface area contributed by atoms with Crippen LogP contribution in [0.1, 0.15) is 52.8 Å². The third-order valence-corrected chi connectivity index (χ3v) is 6.78. The van der Waals surface area contributed by atoms with E-state index in [0.29, 0.717) is 30.2 Å². The van der Waals surface area contributed by atoms with E-state index in [-0.39, 0.29) is 37.0 Å². The molecule has 0 bridgehead atoms. The molecule has 2 amide bonds. The molecule has 0 aliphatic carbocycles. The number of rotatable bonds is 13. The Labute approximate surface area is 218 Å². The van der Waals surface area contributed by atoms with Crippen LogP contribution in [0.25, 0.3) is 11.0 Å². The molecule has 0 saturated carbocycles. The second-order valence-corrected chi connectivity index (χ2v) is 9.55. The monoisotopic (exact) mass is 512 g/mol. The van der Waals surface area contributed by atoms with Crippen molar-refractivity contribution in [2.45, 2.75) is 72.0 Å². The topological polar surface area (TPSA) is 76.5 Å². The van der Waals surface area contributed by atoms with Crippen molar-refractivity contribution in [2.75, 3.05) is 13.2 Å². The zero-order valence-electron chi connectivity index (χ0n) is 21.7. The normalized spacial score (nSPS) is 12.8. The summed E-state index contributed by atoms with van der Waals surface area (Å²) in [6.07, 6.45) is 3.17. The van der Waals surface area contributed by atoms with Gasteiger partial charge in [0, 0.05) is 30.1 Å². The number of halogens is 1. The maximum absolute atomic E-state index is 13.4. The van der Waals surface area contributed by atoms with Crippen molar-refractivity contribution < 1.29 is 14.3 Å². The summed E-state index contributed by atoms with van der Waals surface area (Å²) < 4.78 is 7.52. The third kappa shape index (κ3) is 7.23. The van der Waals surface area contributed by atoms with Crippen LogP contribution in [0.5, 0.6) is 5.75 Å². The van der Waals surface area contributed by atoms with Crippen molar-refractivity contribution in [1.82, 2.24) is 19.8 Å². The number of nitrogens with one attached hydrogen (secondary N) is 1. The van der Waals surface area contributed by atoms with Gasteiger partial charge in [0.2, 0.25) is 5.91 Å². The highest BCUT2D eigenvalue weighted by Crippen LogP contribution is 2.20. The SMILES string of the molecule is CCC(C)N(C(=O)Cn1c(CCCNC(=O)COc2ccc(Cl)cc2)nc2ccccc21)C(C)CC. The summed E-state index contributed by atoms with van der Waals surface area (Å²) in [4.78, 5) is 32.4. The van der Waals surface area contributed by atoms with Crippen LogP contribution >= 0.6 is 11.6 Å². The molecule has 3 aromatic rings. The fraction of sp³-hybridized carbons (Fsp3) is 0.464. The molecule has 0 fully saturated rings. The van der Waals surface area contributed by atoms with Crippen LogP contribution < -0.4 is 10.1 Å². The number of amides is 2. The number of ether oxygens (including phenoxy) is 1. The maximum atomic E-state index is 13.4. The molecule has 1 heterocycles. The second-order valence-electron chi connectivity index (χ2n) is 9.11. The van der Waals surface area contributed by atoms with Gasteiger partial charge in [-0.1, -0.05) is 37.6 Å². The summed E-state index contributed by atoms with van der Waals surface area (Å²) in [5, 5.41) is 3.51. The molecule has 1 N–H and O–H groups in total. The van der Waals surface area contributed by atoms with Gasteiger partial charge in [-0.05, 0) is 69.5 Å². The molecule has 0 saturated heterocycles. The number of fused-ring (bicyclic) bond motifs is 1. The number of carbonyl (C=O) groups is 2. The highest BCUT2D eigenvalue weighted by atomic mass is 35.5. The lowest BCUT2D eigenvalue weighted by molar-refractivity contribution is -0.136. The number of carbonyl (C=O) groups excluding carboxylic acids is 2. The van der Waals surface area contributed by atoms with Crippen LogP contribution in [0.15, 0.2) is 48.5 Å². The Morgan fingerprint density at radius 3 is 2.39 bits per heavy atom. The highest BCUT2D eigenvalue weighted by Gasteiger charge is 2.25. The molecular formula is C28H37ClN4O3. The standard InChI is InChI=1S/C28H37ClN4O3/c1-5-20(3)33(21(4)6-2)28(35)18-32-25-11-8-7-10-24(25)31-26(32)12-9-17-30-27(34)19-36-23-15-13-22(29)14-16-23/h7-8,10-11,13-16,20-21H,5-6,9,12,17-19H2,1-4H3,(H,30,34). The predicted molar refractivity (Wildman–Crippen MR) is 144 cm³/mol. The first kappa shape index (κ1) is 27.5. The Hall–Kier alpha value is -3.06. The molecule has 2 aromatic carbocycles. The lowest BCUT2D eigenvalue weighted by atomic mass is 10.1. The number of hydrogen-bond acceptors (Lipinski definition) is 4. The first-order valence-corrected chi connectivity index (χ1v) is 13.1. The summed E-state index contributed by atoms with van der Waals surface area (Å²) in [6.45, 7) is 9.13. The number of aryl methyl sites for hydroxylation is 1. The van der Waals surface area contributed by atoms with E-state index in [9.17, 15) is 9.59 Å². The lowest BCUT2D eigenvalue weighted by Gasteiger charge is -2.34. The summed E-state index contributed by atoms with van der Waals surface area (Å²) in [5.41, 5.74) is 1.83. The third-order valence-electron chi connectivity index (χ3n) is 6.53. The van der Waals surface area contributed by atoms with E-state index in [2.05, 4.69) is 33.0 Å². The van der Waals surface area contributed by atoms with Crippen molar-refractivity contribution in [1.29, 1.82) is 0 Å². The summed E-state index contributed by atoms with van der Waals surface area (Å²) in [7, 11) is 0. The average Bonchev–Trinajstić information content (AvgIpc) is 3.23. The number of nitrogens with zero attached hydrogens (tertiary/aromatic N) is 3. The molecule has 1 aromatic heterocycles. The minimum absolute atomic E-state index is 0.0598. The average molecular weight is 513 g/mol. The summed E-state index contributed by atoms with van der Waals surface area (Å²) in [5.74, 6) is 1.36. The van der Waals surface area contributed by atoms with Gasteiger partial charge in [0.15, 0.2) is 6.61 Å². The maximum Gasteiger partial charge on any atom is 0.257 e. The fourth-order valence-corrected chi connectivity index (χ4v) is 4.36. The quantitative estimate of drug-likeness (QED) is 0.318. The van der Waals surface area contributed by atoms with Gasteiger partial charge < -0.3 is 19.5 Å². The molecule has 3 rings (SSSR count). The first-order valence-electron chi connectivity index (χ1n) is 12.7. The number of benzene rings is 2. The van der Waals surface area contributed by atoms with Gasteiger partial charge in [0.1, 0.15) is 18.1 Å². The molecule has 36 heavy (non-hydrogen) atoms. The number of imidazole rings is 1. The highest BCUT2D eigenvalue weighted by molar-refractivity contribution is 6.30. The van der Waals surface area contributed by atoms with Crippen LogP contribution in [-0.2, 0) is 22.6 Å². The van der Waals surface area contributed by atoms with Gasteiger partial charge >= 0.3 is 0 Å². The van der Waals surface area contributed by atoms with E-state index >= 15 is 0 Å². The molecule has 0 aliphatic heterocycles. The largest absolute Gasteiger partial charge is 0.484 e. The van der Waals surface area contributed by atoms with Crippen LogP contribution in [-0.4, -0.2) is 51.5 Å². The van der Waals surface area contributed by atoms with E-state index in [4.69, 9.17) is 21.3 Å². The minimum Gasteiger partial charge on any atom is -0.484 e. The molecular weight excluding hydrogens is 476 g/mol. The van der Waals surface area contributed by atoms with Gasteiger partial charge in [-0.25, -0.2) is 4.98 Å². The van der Waals surface area contributed by atoms with Crippen molar-refractivity contribution >= 4 is 34.4 Å². The van der Waals surface area contributed by atoms with Crippen LogP contribution in [0, 0.1) is 0 Å².